The SMILES string of the molecule is Cc1ccc(C2(C)NC(=O)N(CC(=O)NCc3ccccc3C)C2=O)cc1. The molecule has 140 valence electrons. The molecule has 1 atom stereocenters. The Kier molecular flexibility index (Phi) is 4.99. The summed E-state index contributed by atoms with van der Waals surface area (Å²) in [7, 11) is 0. The van der Waals surface area contributed by atoms with Gasteiger partial charge in [0, 0.05) is 6.54 Å². The zero-order valence-electron chi connectivity index (χ0n) is 15.7. The van der Waals surface area contributed by atoms with Crippen LogP contribution >= 0.6 is 0 Å². The number of imide groups is 1. The molecule has 0 aromatic heterocycles. The molecule has 0 aliphatic carbocycles. The molecule has 2 N–H and O–H groups in total. The molecule has 27 heavy (non-hydrogen) atoms. The van der Waals surface area contributed by atoms with Gasteiger partial charge in [0.25, 0.3) is 5.91 Å². The standard InChI is InChI=1S/C21H23N3O3/c1-14-8-10-17(11-9-14)21(3)19(26)24(20(27)23-21)13-18(25)22-12-16-7-5-4-6-15(16)2/h4-11H,12-13H2,1-3H3,(H,22,25)(H,23,27). The third-order valence-corrected chi connectivity index (χ3v) is 4.94. The highest BCUT2D eigenvalue weighted by Crippen LogP contribution is 2.28. The Morgan fingerprint density at radius 2 is 1.74 bits per heavy atom. The van der Waals surface area contributed by atoms with E-state index >= 15 is 0 Å². The minimum Gasteiger partial charge on any atom is -0.350 e. The summed E-state index contributed by atoms with van der Waals surface area (Å²) in [6.07, 6.45) is 0. The van der Waals surface area contributed by atoms with E-state index in [1.54, 1.807) is 6.92 Å². The number of urea groups is 1. The highest BCUT2D eigenvalue weighted by atomic mass is 16.2. The van der Waals surface area contributed by atoms with Gasteiger partial charge < -0.3 is 10.6 Å². The Balaban J connectivity index is 1.67. The van der Waals surface area contributed by atoms with E-state index in [1.807, 2.05) is 62.4 Å². The molecule has 6 heteroatoms. The minimum atomic E-state index is -1.17. The third-order valence-electron chi connectivity index (χ3n) is 4.94. The lowest BCUT2D eigenvalue weighted by atomic mass is 9.91. The number of carbonyl (C=O) groups is 3. The first-order valence-electron chi connectivity index (χ1n) is 8.84. The number of rotatable bonds is 5. The molecule has 4 amide bonds. The van der Waals surface area contributed by atoms with Crippen LogP contribution in [0, 0.1) is 13.8 Å². The van der Waals surface area contributed by atoms with E-state index < -0.39 is 17.5 Å². The molecule has 3 rings (SSSR count). The van der Waals surface area contributed by atoms with Gasteiger partial charge in [0.05, 0.1) is 0 Å². The van der Waals surface area contributed by atoms with Gasteiger partial charge in [-0.1, -0.05) is 54.1 Å². The van der Waals surface area contributed by atoms with Crippen molar-refractivity contribution in [1.29, 1.82) is 0 Å². The molecule has 1 saturated heterocycles. The Morgan fingerprint density at radius 3 is 2.41 bits per heavy atom. The van der Waals surface area contributed by atoms with Crippen LogP contribution < -0.4 is 10.6 Å². The normalized spacial score (nSPS) is 19.1. The van der Waals surface area contributed by atoms with E-state index in [1.165, 1.54) is 0 Å². The molecule has 0 bridgehead atoms. The summed E-state index contributed by atoms with van der Waals surface area (Å²) in [6.45, 7) is 5.61. The number of hydrogen-bond acceptors (Lipinski definition) is 3. The number of nitrogens with zero attached hydrogens (tertiary/aromatic N) is 1. The van der Waals surface area contributed by atoms with Crippen molar-refractivity contribution in [2.24, 2.45) is 0 Å². The van der Waals surface area contributed by atoms with E-state index in [2.05, 4.69) is 10.6 Å². The van der Waals surface area contributed by atoms with E-state index in [9.17, 15) is 14.4 Å². The average molecular weight is 365 g/mol. The zero-order chi connectivity index (χ0) is 19.6. The molecule has 0 radical (unpaired) electrons. The first-order chi connectivity index (χ1) is 12.8. The number of benzene rings is 2. The van der Waals surface area contributed by atoms with Crippen LogP contribution in [0.1, 0.15) is 29.2 Å². The molecule has 0 saturated carbocycles. The van der Waals surface area contributed by atoms with Gasteiger partial charge in [0.15, 0.2) is 0 Å². The predicted octanol–water partition coefficient (Wildman–Crippen LogP) is 2.39. The fraction of sp³-hybridized carbons (Fsp3) is 0.286. The lowest BCUT2D eigenvalue weighted by Crippen LogP contribution is -2.43. The van der Waals surface area contributed by atoms with Crippen molar-refractivity contribution in [3.63, 3.8) is 0 Å². The maximum Gasteiger partial charge on any atom is 0.325 e. The summed E-state index contributed by atoms with van der Waals surface area (Å²) < 4.78 is 0. The van der Waals surface area contributed by atoms with Crippen LogP contribution in [0.4, 0.5) is 4.79 Å². The van der Waals surface area contributed by atoms with Crippen LogP contribution in [0.3, 0.4) is 0 Å². The fourth-order valence-electron chi connectivity index (χ4n) is 3.12. The Morgan fingerprint density at radius 1 is 1.07 bits per heavy atom. The smallest absolute Gasteiger partial charge is 0.325 e. The van der Waals surface area contributed by atoms with Crippen LogP contribution in [0.2, 0.25) is 0 Å². The van der Waals surface area contributed by atoms with E-state index in [0.717, 1.165) is 21.6 Å². The monoisotopic (exact) mass is 365 g/mol. The van der Waals surface area contributed by atoms with Gasteiger partial charge in [-0.2, -0.15) is 0 Å². The molecule has 0 spiro atoms. The lowest BCUT2D eigenvalue weighted by molar-refractivity contribution is -0.134. The maximum absolute atomic E-state index is 12.8. The third kappa shape index (κ3) is 3.69. The molecular formula is C21H23N3O3. The van der Waals surface area contributed by atoms with Crippen molar-refractivity contribution in [2.45, 2.75) is 32.9 Å². The Hall–Kier alpha value is -3.15. The summed E-state index contributed by atoms with van der Waals surface area (Å²) in [5.74, 6) is -0.808. The lowest BCUT2D eigenvalue weighted by Gasteiger charge is -2.22. The molecule has 1 heterocycles. The number of amides is 4. The predicted molar refractivity (Wildman–Crippen MR) is 102 cm³/mol. The van der Waals surface area contributed by atoms with Crippen LogP contribution in [-0.2, 0) is 21.7 Å². The highest BCUT2D eigenvalue weighted by molar-refractivity contribution is 6.09. The van der Waals surface area contributed by atoms with Gasteiger partial charge in [-0.3, -0.25) is 14.5 Å². The van der Waals surface area contributed by atoms with Gasteiger partial charge in [-0.25, -0.2) is 4.79 Å². The van der Waals surface area contributed by atoms with Crippen molar-refractivity contribution in [2.75, 3.05) is 6.54 Å². The van der Waals surface area contributed by atoms with E-state index in [4.69, 9.17) is 0 Å². The largest absolute Gasteiger partial charge is 0.350 e. The Labute approximate surface area is 158 Å². The number of carbonyl (C=O) groups excluding carboxylic acids is 3. The van der Waals surface area contributed by atoms with Crippen molar-refractivity contribution in [1.82, 2.24) is 15.5 Å². The van der Waals surface area contributed by atoms with Gasteiger partial charge in [-0.15, -0.1) is 0 Å². The van der Waals surface area contributed by atoms with E-state index in [-0.39, 0.29) is 12.5 Å². The molecule has 2 aromatic carbocycles. The molecule has 6 nitrogen and oxygen atoms in total. The molecule has 2 aromatic rings. The molecule has 1 aliphatic rings. The van der Waals surface area contributed by atoms with Crippen LogP contribution in [0.5, 0.6) is 0 Å². The second-order valence-electron chi connectivity index (χ2n) is 7.02. The zero-order valence-corrected chi connectivity index (χ0v) is 15.7. The summed E-state index contributed by atoms with van der Waals surface area (Å²) in [5, 5.41) is 5.48. The second kappa shape index (κ2) is 7.23. The summed E-state index contributed by atoms with van der Waals surface area (Å²) in [4.78, 5) is 38.4. The maximum atomic E-state index is 12.8. The Bertz CT molecular complexity index is 892. The van der Waals surface area contributed by atoms with Crippen LogP contribution in [0.25, 0.3) is 0 Å². The number of aryl methyl sites for hydroxylation is 2. The summed E-state index contributed by atoms with van der Waals surface area (Å²) in [5.41, 5.74) is 2.65. The summed E-state index contributed by atoms with van der Waals surface area (Å²) in [6, 6.07) is 14.6. The van der Waals surface area contributed by atoms with Crippen LogP contribution in [0.15, 0.2) is 48.5 Å². The average Bonchev–Trinajstić information content (AvgIpc) is 2.85. The van der Waals surface area contributed by atoms with Gasteiger partial charge in [-0.05, 0) is 37.5 Å². The highest BCUT2D eigenvalue weighted by Gasteiger charge is 2.49. The van der Waals surface area contributed by atoms with Crippen molar-refractivity contribution < 1.29 is 14.4 Å². The first-order valence-corrected chi connectivity index (χ1v) is 8.84. The molecule has 1 unspecified atom stereocenters. The second-order valence-corrected chi connectivity index (χ2v) is 7.02. The first kappa shape index (κ1) is 18.6. The van der Waals surface area contributed by atoms with Gasteiger partial charge in [0.2, 0.25) is 5.91 Å². The van der Waals surface area contributed by atoms with E-state index in [0.29, 0.717) is 12.1 Å². The number of hydrogen-bond donors (Lipinski definition) is 2. The van der Waals surface area contributed by atoms with Crippen molar-refractivity contribution >= 4 is 17.8 Å². The molecule has 1 fully saturated rings. The van der Waals surface area contributed by atoms with Gasteiger partial charge >= 0.3 is 6.03 Å². The van der Waals surface area contributed by atoms with Crippen LogP contribution in [-0.4, -0.2) is 29.3 Å². The van der Waals surface area contributed by atoms with Crippen molar-refractivity contribution in [3.8, 4) is 0 Å². The fourth-order valence-corrected chi connectivity index (χ4v) is 3.12. The minimum absolute atomic E-state index is 0.308. The molecule has 1 aliphatic heterocycles. The van der Waals surface area contributed by atoms with Gasteiger partial charge in [0.1, 0.15) is 12.1 Å². The number of nitrogens with one attached hydrogen (secondary N) is 2. The molecular weight excluding hydrogens is 342 g/mol. The summed E-state index contributed by atoms with van der Waals surface area (Å²) >= 11 is 0. The quantitative estimate of drug-likeness (QED) is 0.799. The van der Waals surface area contributed by atoms with Crippen molar-refractivity contribution in [3.05, 3.63) is 70.8 Å². The topological polar surface area (TPSA) is 78.5 Å².